The van der Waals surface area contributed by atoms with Crippen molar-refractivity contribution in [2.75, 3.05) is 19.5 Å². The van der Waals surface area contributed by atoms with Gasteiger partial charge in [0.25, 0.3) is 5.91 Å². The van der Waals surface area contributed by atoms with E-state index >= 15 is 0 Å². The lowest BCUT2D eigenvalue weighted by Gasteiger charge is -2.20. The third-order valence-electron chi connectivity index (χ3n) is 5.09. The minimum absolute atomic E-state index is 0.0190. The van der Waals surface area contributed by atoms with Crippen LogP contribution in [0.2, 0.25) is 0 Å². The third-order valence-corrected chi connectivity index (χ3v) is 7.28. The van der Waals surface area contributed by atoms with Crippen molar-refractivity contribution in [1.29, 1.82) is 5.41 Å². The molecule has 2 aromatic carbocycles. The Morgan fingerprint density at radius 1 is 1.18 bits per heavy atom. The summed E-state index contributed by atoms with van der Waals surface area (Å²) in [5.74, 6) is 1.76. The van der Waals surface area contributed by atoms with E-state index in [-0.39, 0.29) is 17.3 Å². The van der Waals surface area contributed by atoms with E-state index in [1.165, 1.54) is 27.2 Å². The summed E-state index contributed by atoms with van der Waals surface area (Å²) in [5, 5.41) is 15.6. The second-order valence-electron chi connectivity index (χ2n) is 8.03. The molecule has 2 aliphatic rings. The molecule has 2 aromatic rings. The van der Waals surface area contributed by atoms with E-state index in [0.717, 1.165) is 10.8 Å². The Balaban J connectivity index is 1.44. The fourth-order valence-electron chi connectivity index (χ4n) is 3.25. The quantitative estimate of drug-likeness (QED) is 0.298. The Morgan fingerprint density at radius 3 is 2.65 bits per heavy atom. The first-order valence-corrected chi connectivity index (χ1v) is 12.7. The molecule has 7 nitrogen and oxygen atoms in total. The molecule has 0 fully saturated rings. The lowest BCUT2D eigenvalue weighted by Crippen LogP contribution is -2.35. The number of thioether (sulfide) groups is 2. The van der Waals surface area contributed by atoms with E-state index < -0.39 is 5.91 Å². The molecule has 0 spiro atoms. The first-order valence-electron chi connectivity index (χ1n) is 10.9. The summed E-state index contributed by atoms with van der Waals surface area (Å²) in [5.41, 5.74) is 2.14. The van der Waals surface area contributed by atoms with Gasteiger partial charge in [-0.05, 0) is 54.6 Å². The van der Waals surface area contributed by atoms with Gasteiger partial charge in [0.05, 0.1) is 19.3 Å². The highest BCUT2D eigenvalue weighted by Crippen LogP contribution is 2.33. The number of methoxy groups -OCH3 is 1. The van der Waals surface area contributed by atoms with Crippen molar-refractivity contribution in [3.63, 3.8) is 0 Å². The highest BCUT2D eigenvalue weighted by atomic mass is 32.2. The zero-order chi connectivity index (χ0) is 24.2. The number of carbonyl (C=O) groups is 1. The summed E-state index contributed by atoms with van der Waals surface area (Å²) in [6.45, 7) is 6.63. The van der Waals surface area contributed by atoms with Gasteiger partial charge in [-0.15, -0.1) is 11.8 Å². The minimum atomic E-state index is -0.448. The second-order valence-corrected chi connectivity index (χ2v) is 10.2. The highest BCUT2D eigenvalue weighted by molar-refractivity contribution is 8.27. The SMILES string of the molecule is COc1cc(/C=C2/C(=N)N3N=C(C(C)C)SC3=NC2=O)ccc1OCCSc1ccc(C)cc1. The van der Waals surface area contributed by atoms with Gasteiger partial charge < -0.3 is 9.47 Å². The van der Waals surface area contributed by atoms with Gasteiger partial charge in [-0.1, -0.05) is 37.6 Å². The second kappa shape index (κ2) is 10.5. The summed E-state index contributed by atoms with van der Waals surface area (Å²) >= 11 is 3.07. The van der Waals surface area contributed by atoms with Crippen LogP contribution in [-0.4, -0.2) is 46.4 Å². The van der Waals surface area contributed by atoms with Crippen LogP contribution in [0.25, 0.3) is 6.08 Å². The maximum absolute atomic E-state index is 12.6. The van der Waals surface area contributed by atoms with Crippen LogP contribution in [0.5, 0.6) is 11.5 Å². The predicted octanol–water partition coefficient (Wildman–Crippen LogP) is 5.45. The third kappa shape index (κ3) is 5.37. The Kier molecular flexibility index (Phi) is 7.43. The van der Waals surface area contributed by atoms with Crippen molar-refractivity contribution in [1.82, 2.24) is 5.01 Å². The fraction of sp³-hybridized carbons (Fsp3) is 0.280. The molecular weight excluding hydrogens is 468 g/mol. The molecule has 0 radical (unpaired) electrons. The molecule has 0 saturated heterocycles. The molecule has 0 atom stereocenters. The number of nitrogens with one attached hydrogen (secondary N) is 1. The summed E-state index contributed by atoms with van der Waals surface area (Å²) < 4.78 is 11.4. The maximum Gasteiger partial charge on any atom is 0.283 e. The molecule has 4 rings (SSSR count). The van der Waals surface area contributed by atoms with Crippen molar-refractivity contribution in [2.24, 2.45) is 16.0 Å². The van der Waals surface area contributed by atoms with Crippen LogP contribution in [0.1, 0.15) is 25.0 Å². The van der Waals surface area contributed by atoms with Crippen LogP contribution in [0.3, 0.4) is 0 Å². The van der Waals surface area contributed by atoms with Crippen LogP contribution >= 0.6 is 23.5 Å². The number of hydrogen-bond donors (Lipinski definition) is 1. The molecule has 0 aromatic heterocycles. The van der Waals surface area contributed by atoms with Gasteiger partial charge >= 0.3 is 0 Å². The number of aryl methyl sites for hydroxylation is 1. The van der Waals surface area contributed by atoms with Crippen molar-refractivity contribution in [3.05, 3.63) is 59.2 Å². The van der Waals surface area contributed by atoms with Crippen molar-refractivity contribution >= 4 is 51.6 Å². The van der Waals surface area contributed by atoms with E-state index in [4.69, 9.17) is 14.9 Å². The van der Waals surface area contributed by atoms with E-state index in [1.807, 2.05) is 26.0 Å². The van der Waals surface area contributed by atoms with Gasteiger partial charge in [-0.25, -0.2) is 0 Å². The topological polar surface area (TPSA) is 87.3 Å². The standard InChI is InChI=1S/C25H26N4O3S2/c1-15(2)24-28-29-22(26)19(23(30)27-25(29)34-24)13-17-7-10-20(21(14-17)31-4)32-11-12-33-18-8-5-16(3)6-9-18/h5-10,13-15,26H,11-12H2,1-4H3/b19-13-,26-22?. The smallest absolute Gasteiger partial charge is 0.283 e. The highest BCUT2D eigenvalue weighted by Gasteiger charge is 2.36. The molecule has 2 heterocycles. The van der Waals surface area contributed by atoms with E-state index in [0.29, 0.717) is 28.8 Å². The number of aliphatic imine (C=N–C) groups is 1. The molecule has 176 valence electrons. The Bertz CT molecular complexity index is 1200. The van der Waals surface area contributed by atoms with Crippen molar-refractivity contribution < 1.29 is 14.3 Å². The number of hydrogen-bond acceptors (Lipinski definition) is 7. The molecule has 2 aliphatic heterocycles. The van der Waals surface area contributed by atoms with E-state index in [2.05, 4.69) is 41.3 Å². The van der Waals surface area contributed by atoms with Gasteiger partial charge in [0.2, 0.25) is 5.17 Å². The molecule has 0 bridgehead atoms. The van der Waals surface area contributed by atoms with Crippen LogP contribution in [0.4, 0.5) is 0 Å². The molecular formula is C25H26N4O3S2. The number of hydrazone groups is 1. The van der Waals surface area contributed by atoms with Crippen LogP contribution in [0.15, 0.2) is 63.0 Å². The molecule has 0 aliphatic carbocycles. The van der Waals surface area contributed by atoms with Crippen LogP contribution < -0.4 is 9.47 Å². The van der Waals surface area contributed by atoms with Gasteiger partial charge in [-0.3, -0.25) is 10.2 Å². The molecule has 0 saturated carbocycles. The maximum atomic E-state index is 12.6. The Morgan fingerprint density at radius 2 is 1.94 bits per heavy atom. The normalized spacial score (nSPS) is 16.6. The number of amidine groups is 2. The number of fused-ring (bicyclic) bond motifs is 1. The molecule has 1 N–H and O–H groups in total. The van der Waals surface area contributed by atoms with Gasteiger partial charge in [0.1, 0.15) is 5.04 Å². The van der Waals surface area contributed by atoms with Gasteiger partial charge in [-0.2, -0.15) is 15.1 Å². The Hall–Kier alpha value is -3.04. The number of nitrogens with zero attached hydrogens (tertiary/aromatic N) is 3. The number of benzene rings is 2. The summed E-state index contributed by atoms with van der Waals surface area (Å²) in [6.07, 6.45) is 1.64. The number of rotatable bonds is 8. The predicted molar refractivity (Wildman–Crippen MR) is 140 cm³/mol. The summed E-state index contributed by atoms with van der Waals surface area (Å²) in [7, 11) is 1.58. The summed E-state index contributed by atoms with van der Waals surface area (Å²) in [4.78, 5) is 17.9. The Labute approximate surface area is 207 Å². The summed E-state index contributed by atoms with van der Waals surface area (Å²) in [6, 6.07) is 13.8. The largest absolute Gasteiger partial charge is 0.493 e. The zero-order valence-electron chi connectivity index (χ0n) is 19.5. The number of carbonyl (C=O) groups excluding carboxylic acids is 1. The molecule has 9 heteroatoms. The van der Waals surface area contributed by atoms with Crippen LogP contribution in [0, 0.1) is 18.3 Å². The van der Waals surface area contributed by atoms with Crippen molar-refractivity contribution in [2.45, 2.75) is 25.7 Å². The van der Waals surface area contributed by atoms with Crippen LogP contribution in [-0.2, 0) is 4.79 Å². The average molecular weight is 495 g/mol. The zero-order valence-corrected chi connectivity index (χ0v) is 21.1. The lowest BCUT2D eigenvalue weighted by atomic mass is 10.1. The average Bonchev–Trinajstić information content (AvgIpc) is 3.25. The molecule has 0 unspecified atom stereocenters. The first kappa shape index (κ1) is 24.1. The van der Waals surface area contributed by atoms with Gasteiger partial charge in [0, 0.05) is 16.6 Å². The molecule has 34 heavy (non-hydrogen) atoms. The monoisotopic (exact) mass is 494 g/mol. The number of amides is 1. The lowest BCUT2D eigenvalue weighted by molar-refractivity contribution is -0.114. The first-order chi connectivity index (χ1) is 16.4. The van der Waals surface area contributed by atoms with E-state index in [1.54, 1.807) is 31.0 Å². The van der Waals surface area contributed by atoms with Gasteiger partial charge in [0.15, 0.2) is 17.3 Å². The molecule has 1 amide bonds. The van der Waals surface area contributed by atoms with Crippen molar-refractivity contribution in [3.8, 4) is 11.5 Å². The number of ether oxygens (including phenoxy) is 2. The minimum Gasteiger partial charge on any atom is -0.493 e. The fourth-order valence-corrected chi connectivity index (χ4v) is 4.87. The van der Waals surface area contributed by atoms with E-state index in [9.17, 15) is 4.79 Å².